The van der Waals surface area contributed by atoms with Crippen LogP contribution in [0.3, 0.4) is 0 Å². The fourth-order valence-corrected chi connectivity index (χ4v) is 3.60. The second kappa shape index (κ2) is 7.95. The Balaban J connectivity index is 1.70. The minimum Gasteiger partial charge on any atom is -0.404 e. The molecule has 0 amide bonds. The highest BCUT2D eigenvalue weighted by Crippen LogP contribution is 2.29. The van der Waals surface area contributed by atoms with Gasteiger partial charge in [0.05, 0.1) is 18.4 Å². The molecule has 0 aliphatic carbocycles. The van der Waals surface area contributed by atoms with E-state index in [1.165, 1.54) is 23.0 Å². The van der Waals surface area contributed by atoms with Crippen molar-refractivity contribution in [1.82, 2.24) is 29.7 Å². The highest BCUT2D eigenvalue weighted by atomic mass is 19.4. The van der Waals surface area contributed by atoms with E-state index in [0.29, 0.717) is 24.6 Å². The molecule has 1 saturated heterocycles. The van der Waals surface area contributed by atoms with Gasteiger partial charge < -0.3 is 16.0 Å². The summed E-state index contributed by atoms with van der Waals surface area (Å²) < 4.78 is 40.6. The molecule has 0 spiro atoms. The summed E-state index contributed by atoms with van der Waals surface area (Å²) in [5, 5.41) is 9.11. The lowest BCUT2D eigenvalue weighted by Gasteiger charge is -2.38. The molecule has 4 heterocycles. The molecule has 12 heteroatoms. The van der Waals surface area contributed by atoms with Crippen molar-refractivity contribution < 1.29 is 18.6 Å². The molecule has 0 bridgehead atoms. The third-order valence-corrected chi connectivity index (χ3v) is 5.05. The lowest BCUT2D eigenvalue weighted by Crippen LogP contribution is -2.57. The largest absolute Gasteiger partial charge is 0.434 e. The Morgan fingerprint density at radius 1 is 1.26 bits per heavy atom. The van der Waals surface area contributed by atoms with Gasteiger partial charge in [-0.2, -0.15) is 13.2 Å². The van der Waals surface area contributed by atoms with E-state index in [0.717, 1.165) is 18.0 Å². The standard InChI is InChI=1S/C19H20F3N9/c1-11-8-30(9-13(28-11)12(4-23)5-24)16-2-3-25-18(29-16)14-6-27-17-7-26-15(10-31(14)17)19(20,21)22/h2-7,10-11,13,23,28H,8-9,24H2,1H3/p+1/b12-5+,23-4?. The highest BCUT2D eigenvalue weighted by molar-refractivity contribution is 5.75. The number of anilines is 1. The number of imidazole rings is 1. The van der Waals surface area contributed by atoms with Crippen LogP contribution in [0.15, 0.2) is 42.6 Å². The minimum absolute atomic E-state index is 0.0895. The molecule has 5 N–H and O–H groups in total. The Bertz CT molecular complexity index is 1140. The van der Waals surface area contributed by atoms with Crippen molar-refractivity contribution in [2.75, 3.05) is 18.0 Å². The molecule has 2 unspecified atom stereocenters. The average Bonchev–Trinajstić information content (AvgIpc) is 3.17. The number of fused-ring (bicyclic) bond motifs is 1. The molecule has 2 atom stereocenters. The van der Waals surface area contributed by atoms with Crippen molar-refractivity contribution in [3.8, 4) is 11.5 Å². The van der Waals surface area contributed by atoms with Gasteiger partial charge in [-0.3, -0.25) is 9.81 Å². The summed E-state index contributed by atoms with van der Waals surface area (Å²) in [5.74, 6) is 0.892. The quantitative estimate of drug-likeness (QED) is 0.498. The molecule has 0 radical (unpaired) electrons. The third kappa shape index (κ3) is 4.06. The number of alkyl halides is 3. The van der Waals surface area contributed by atoms with Gasteiger partial charge in [0.2, 0.25) is 0 Å². The van der Waals surface area contributed by atoms with Crippen molar-refractivity contribution in [2.24, 2.45) is 5.73 Å². The number of nitrogens with one attached hydrogen (secondary N) is 1. The summed E-state index contributed by atoms with van der Waals surface area (Å²) in [6.07, 6.45) is 3.32. The predicted molar refractivity (Wildman–Crippen MR) is 108 cm³/mol. The van der Waals surface area contributed by atoms with E-state index in [9.17, 15) is 13.2 Å². The zero-order valence-electron chi connectivity index (χ0n) is 16.6. The van der Waals surface area contributed by atoms with Crippen LogP contribution in [0.1, 0.15) is 12.6 Å². The molecule has 0 aromatic carbocycles. The van der Waals surface area contributed by atoms with Gasteiger partial charge in [0.15, 0.2) is 23.4 Å². The van der Waals surface area contributed by atoms with Crippen LogP contribution in [0.25, 0.3) is 17.2 Å². The van der Waals surface area contributed by atoms with E-state index in [4.69, 9.17) is 11.1 Å². The van der Waals surface area contributed by atoms with Gasteiger partial charge >= 0.3 is 6.18 Å². The summed E-state index contributed by atoms with van der Waals surface area (Å²) in [4.78, 5) is 18.4. The van der Waals surface area contributed by atoms with Crippen LogP contribution in [0, 0.1) is 0 Å². The first-order valence-corrected chi connectivity index (χ1v) is 9.51. The minimum atomic E-state index is -4.57. The molecule has 3 aromatic heterocycles. The first kappa shape index (κ1) is 20.7. The smallest absolute Gasteiger partial charge is 0.404 e. The summed E-state index contributed by atoms with van der Waals surface area (Å²) in [5.41, 5.74) is 6.02. The van der Waals surface area contributed by atoms with Gasteiger partial charge in [-0.25, -0.2) is 19.9 Å². The number of aromatic nitrogens is 5. The van der Waals surface area contributed by atoms with Crippen molar-refractivity contribution in [1.29, 1.82) is 0 Å². The predicted octanol–water partition coefficient (Wildman–Crippen LogP) is 0.0443. The van der Waals surface area contributed by atoms with E-state index in [-0.39, 0.29) is 23.6 Å². The maximum absolute atomic E-state index is 13.1. The van der Waals surface area contributed by atoms with Gasteiger partial charge in [-0.1, -0.05) is 0 Å². The lowest BCUT2D eigenvalue weighted by molar-refractivity contribution is -0.141. The van der Waals surface area contributed by atoms with Gasteiger partial charge in [-0.05, 0) is 13.0 Å². The van der Waals surface area contributed by atoms with E-state index < -0.39 is 11.9 Å². The third-order valence-electron chi connectivity index (χ3n) is 5.05. The number of nitrogens with two attached hydrogens (primary N) is 2. The van der Waals surface area contributed by atoms with Crippen LogP contribution in [0.5, 0.6) is 0 Å². The Morgan fingerprint density at radius 2 is 2.06 bits per heavy atom. The van der Waals surface area contributed by atoms with Crippen LogP contribution in [-0.4, -0.2) is 55.7 Å². The van der Waals surface area contributed by atoms with Crippen LogP contribution in [-0.2, 0) is 6.18 Å². The summed E-state index contributed by atoms with van der Waals surface area (Å²) in [7, 11) is 0. The van der Waals surface area contributed by atoms with E-state index >= 15 is 0 Å². The average molecular weight is 432 g/mol. The fraction of sp³-hybridized carbons (Fsp3) is 0.316. The summed E-state index contributed by atoms with van der Waals surface area (Å²) >= 11 is 0. The van der Waals surface area contributed by atoms with Crippen LogP contribution in [0.2, 0.25) is 0 Å². The summed E-state index contributed by atoms with van der Waals surface area (Å²) in [6.45, 7) is 3.26. The van der Waals surface area contributed by atoms with E-state index in [2.05, 4.69) is 30.2 Å². The number of hydrogen-bond acceptors (Lipinski definition) is 7. The van der Waals surface area contributed by atoms with E-state index in [1.807, 2.05) is 6.92 Å². The SMILES string of the molecule is CC1CN(c2ccnc(-c3cnc4cnc(C(F)(F)F)cn34)n2)CC(/C(C=[NH2+])=C/N)N1. The molecule has 1 aliphatic rings. The van der Waals surface area contributed by atoms with Crippen LogP contribution in [0.4, 0.5) is 19.0 Å². The Kier molecular flexibility index (Phi) is 5.31. The number of piperazine rings is 1. The van der Waals surface area contributed by atoms with Gasteiger partial charge in [-0.15, -0.1) is 0 Å². The molecular weight excluding hydrogens is 411 g/mol. The molecule has 0 saturated carbocycles. The first-order chi connectivity index (χ1) is 14.8. The van der Waals surface area contributed by atoms with Gasteiger partial charge in [0.1, 0.15) is 11.5 Å². The molecule has 162 valence electrons. The zero-order chi connectivity index (χ0) is 22.2. The van der Waals surface area contributed by atoms with Crippen LogP contribution < -0.4 is 21.4 Å². The molecule has 9 nitrogen and oxygen atoms in total. The zero-order valence-corrected chi connectivity index (χ0v) is 16.6. The Labute approximate surface area is 175 Å². The topological polar surface area (TPSA) is 123 Å². The lowest BCUT2D eigenvalue weighted by atomic mass is 10.0. The second-order valence-electron chi connectivity index (χ2n) is 7.24. The van der Waals surface area contributed by atoms with Crippen molar-refractivity contribution >= 4 is 17.7 Å². The molecule has 4 rings (SSSR count). The van der Waals surface area contributed by atoms with Gasteiger partial charge in [0, 0.05) is 43.3 Å². The Morgan fingerprint density at radius 3 is 2.77 bits per heavy atom. The molecule has 1 fully saturated rings. The monoisotopic (exact) mass is 432 g/mol. The fourth-order valence-electron chi connectivity index (χ4n) is 3.60. The maximum atomic E-state index is 13.1. The van der Waals surface area contributed by atoms with Crippen molar-refractivity contribution in [3.63, 3.8) is 0 Å². The second-order valence-corrected chi connectivity index (χ2v) is 7.24. The number of rotatable bonds is 4. The van der Waals surface area contributed by atoms with Crippen LogP contribution >= 0.6 is 0 Å². The molecule has 3 aromatic rings. The number of nitrogens with zero attached hydrogens (tertiary/aromatic N) is 6. The van der Waals surface area contributed by atoms with Gasteiger partial charge in [0.25, 0.3) is 0 Å². The normalized spacial score (nSPS) is 20.3. The number of hydrogen-bond donors (Lipinski definition) is 3. The number of halogens is 3. The maximum Gasteiger partial charge on any atom is 0.434 e. The highest BCUT2D eigenvalue weighted by Gasteiger charge is 2.33. The first-order valence-electron chi connectivity index (χ1n) is 9.51. The van der Waals surface area contributed by atoms with Crippen molar-refractivity contribution in [3.05, 3.63) is 48.3 Å². The van der Waals surface area contributed by atoms with Crippen molar-refractivity contribution in [2.45, 2.75) is 25.2 Å². The Hall–Kier alpha value is -3.54. The molecular formula is C19H21F3N9+. The summed E-state index contributed by atoms with van der Waals surface area (Å²) in [6, 6.07) is 1.79. The van der Waals surface area contributed by atoms with E-state index in [1.54, 1.807) is 12.3 Å². The molecule has 1 aliphatic heterocycles. The molecule has 31 heavy (non-hydrogen) atoms.